The molecule has 0 spiro atoms. The van der Waals surface area contributed by atoms with Gasteiger partial charge in [-0.3, -0.25) is 0 Å². The van der Waals surface area contributed by atoms with Gasteiger partial charge in [-0.25, -0.2) is 0 Å². The van der Waals surface area contributed by atoms with E-state index in [9.17, 15) is 0 Å². The number of hydrogen-bond donors (Lipinski definition) is 1. The van der Waals surface area contributed by atoms with E-state index in [-0.39, 0.29) is 0 Å². The van der Waals surface area contributed by atoms with Crippen LogP contribution in [0.4, 0.5) is 5.69 Å². The molecule has 5 heteroatoms. The van der Waals surface area contributed by atoms with Crippen molar-refractivity contribution in [1.29, 1.82) is 0 Å². The number of nitrogens with zero attached hydrogens (tertiary/aromatic N) is 2. The molecule has 1 heterocycles. The van der Waals surface area contributed by atoms with Crippen molar-refractivity contribution >= 4 is 5.69 Å². The van der Waals surface area contributed by atoms with Crippen molar-refractivity contribution < 1.29 is 9.15 Å². The molecule has 1 N–H and O–H groups in total. The predicted octanol–water partition coefficient (Wildman–Crippen LogP) is 3.67. The zero-order valence-electron chi connectivity index (χ0n) is 13.0. The summed E-state index contributed by atoms with van der Waals surface area (Å²) in [5.74, 6) is 1.99. The summed E-state index contributed by atoms with van der Waals surface area (Å²) in [6.45, 7) is 3.05. The van der Waals surface area contributed by atoms with Crippen molar-refractivity contribution in [2.45, 2.75) is 19.9 Å². The Morgan fingerprint density at radius 1 is 0.957 bits per heavy atom. The second-order valence-electron chi connectivity index (χ2n) is 5.03. The van der Waals surface area contributed by atoms with Gasteiger partial charge in [0.15, 0.2) is 0 Å². The minimum absolute atomic E-state index is 0.464. The van der Waals surface area contributed by atoms with Crippen LogP contribution in [-0.2, 0) is 13.0 Å². The van der Waals surface area contributed by atoms with Crippen molar-refractivity contribution in [3.05, 3.63) is 71.9 Å². The van der Waals surface area contributed by atoms with Gasteiger partial charge in [0.05, 0.1) is 25.3 Å². The minimum atomic E-state index is 0.464. The molecule has 0 saturated heterocycles. The summed E-state index contributed by atoms with van der Waals surface area (Å²) in [6, 6.07) is 17.9. The van der Waals surface area contributed by atoms with E-state index >= 15 is 0 Å². The summed E-state index contributed by atoms with van der Waals surface area (Å²) in [6.07, 6.45) is 0.642. The summed E-state index contributed by atoms with van der Waals surface area (Å²) in [5.41, 5.74) is 2.06. The molecule has 3 aromatic rings. The molecule has 1 aromatic heterocycles. The van der Waals surface area contributed by atoms with Crippen LogP contribution in [0.5, 0.6) is 5.75 Å². The second-order valence-corrected chi connectivity index (χ2v) is 5.03. The van der Waals surface area contributed by atoms with Crippen molar-refractivity contribution in [2.75, 3.05) is 11.9 Å². The third-order valence-corrected chi connectivity index (χ3v) is 3.32. The van der Waals surface area contributed by atoms with Gasteiger partial charge in [-0.1, -0.05) is 42.5 Å². The van der Waals surface area contributed by atoms with Gasteiger partial charge in [0.1, 0.15) is 5.75 Å². The molecular formula is C18H19N3O2. The first kappa shape index (κ1) is 15.1. The van der Waals surface area contributed by atoms with Crippen LogP contribution in [0.25, 0.3) is 0 Å². The second kappa shape index (κ2) is 7.45. The molecule has 23 heavy (non-hydrogen) atoms. The van der Waals surface area contributed by atoms with E-state index in [0.717, 1.165) is 17.0 Å². The lowest BCUT2D eigenvalue weighted by atomic mass is 10.2. The minimum Gasteiger partial charge on any atom is -0.492 e. The number of nitrogens with one attached hydrogen (secondary N) is 1. The maximum atomic E-state index is 5.68. The molecule has 0 unspecified atom stereocenters. The average Bonchev–Trinajstić information content (AvgIpc) is 3.03. The van der Waals surface area contributed by atoms with Crippen LogP contribution in [0, 0.1) is 0 Å². The van der Waals surface area contributed by atoms with Gasteiger partial charge in [0, 0.05) is 0 Å². The van der Waals surface area contributed by atoms with Crippen LogP contribution in [0.3, 0.4) is 0 Å². The van der Waals surface area contributed by atoms with E-state index in [1.165, 1.54) is 0 Å². The van der Waals surface area contributed by atoms with Crippen LogP contribution in [-0.4, -0.2) is 16.8 Å². The fourth-order valence-electron chi connectivity index (χ4n) is 2.27. The Balaban J connectivity index is 1.61. The molecular weight excluding hydrogens is 290 g/mol. The van der Waals surface area contributed by atoms with Crippen molar-refractivity contribution in [3.8, 4) is 5.75 Å². The monoisotopic (exact) mass is 309 g/mol. The van der Waals surface area contributed by atoms with Gasteiger partial charge in [-0.05, 0) is 24.6 Å². The molecule has 118 valence electrons. The van der Waals surface area contributed by atoms with Gasteiger partial charge in [0.2, 0.25) is 11.8 Å². The summed E-state index contributed by atoms with van der Waals surface area (Å²) in [4.78, 5) is 0. The molecule has 0 bridgehead atoms. The lowest BCUT2D eigenvalue weighted by Crippen LogP contribution is -2.02. The van der Waals surface area contributed by atoms with E-state index in [0.29, 0.717) is 31.4 Å². The molecule has 5 nitrogen and oxygen atoms in total. The number of aromatic nitrogens is 2. The van der Waals surface area contributed by atoms with Crippen molar-refractivity contribution in [2.24, 2.45) is 0 Å². The molecule has 0 fully saturated rings. The number of ether oxygens (including phenoxy) is 1. The highest BCUT2D eigenvalue weighted by Gasteiger charge is 2.08. The van der Waals surface area contributed by atoms with Gasteiger partial charge >= 0.3 is 0 Å². The van der Waals surface area contributed by atoms with Gasteiger partial charge in [-0.2, -0.15) is 0 Å². The Kier molecular flexibility index (Phi) is 4.88. The number of anilines is 1. The quantitative estimate of drug-likeness (QED) is 0.721. The lowest BCUT2D eigenvalue weighted by molar-refractivity contribution is 0.341. The molecule has 0 aliphatic heterocycles. The fourth-order valence-corrected chi connectivity index (χ4v) is 2.27. The van der Waals surface area contributed by atoms with E-state index in [4.69, 9.17) is 9.15 Å². The van der Waals surface area contributed by atoms with Gasteiger partial charge in [0.25, 0.3) is 0 Å². The van der Waals surface area contributed by atoms with Crippen molar-refractivity contribution in [1.82, 2.24) is 10.2 Å². The molecule has 0 radical (unpaired) electrons. The molecule has 0 saturated carbocycles. The first-order valence-electron chi connectivity index (χ1n) is 7.66. The Labute approximate surface area is 135 Å². The normalized spacial score (nSPS) is 10.5. The Hall–Kier alpha value is -2.82. The Morgan fingerprint density at radius 2 is 1.70 bits per heavy atom. The molecule has 0 aliphatic carbocycles. The van der Waals surface area contributed by atoms with Crippen molar-refractivity contribution in [3.63, 3.8) is 0 Å². The summed E-state index contributed by atoms with van der Waals surface area (Å²) in [5, 5.41) is 11.4. The van der Waals surface area contributed by atoms with Gasteiger partial charge < -0.3 is 14.5 Å². The summed E-state index contributed by atoms with van der Waals surface area (Å²) < 4.78 is 11.3. The molecule has 0 atom stereocenters. The zero-order valence-corrected chi connectivity index (χ0v) is 13.0. The highest BCUT2D eigenvalue weighted by molar-refractivity contribution is 5.56. The maximum Gasteiger partial charge on any atom is 0.235 e. The van der Waals surface area contributed by atoms with E-state index in [1.807, 2.05) is 61.5 Å². The standard InChI is InChI=1S/C18H19N3O2/c1-2-22-16-11-7-6-10-15(16)19-13-18-21-20-17(23-18)12-14-8-4-3-5-9-14/h3-11,19H,2,12-13H2,1H3. The molecule has 3 rings (SSSR count). The fraction of sp³-hybridized carbons (Fsp3) is 0.222. The topological polar surface area (TPSA) is 60.2 Å². The largest absolute Gasteiger partial charge is 0.492 e. The van der Waals surface area contributed by atoms with Crippen LogP contribution in [0.1, 0.15) is 24.3 Å². The first-order valence-corrected chi connectivity index (χ1v) is 7.66. The van der Waals surface area contributed by atoms with Crippen LogP contribution < -0.4 is 10.1 Å². The van der Waals surface area contributed by atoms with Crippen LogP contribution in [0.15, 0.2) is 59.0 Å². The average molecular weight is 309 g/mol. The molecule has 0 aliphatic rings. The highest BCUT2D eigenvalue weighted by atomic mass is 16.5. The van der Waals surface area contributed by atoms with E-state index < -0.39 is 0 Å². The Morgan fingerprint density at radius 3 is 2.52 bits per heavy atom. The summed E-state index contributed by atoms with van der Waals surface area (Å²) >= 11 is 0. The number of benzene rings is 2. The first-order chi connectivity index (χ1) is 11.3. The highest BCUT2D eigenvalue weighted by Crippen LogP contribution is 2.24. The van der Waals surface area contributed by atoms with E-state index in [2.05, 4.69) is 15.5 Å². The SMILES string of the molecule is CCOc1ccccc1NCc1nnc(Cc2ccccc2)o1. The predicted molar refractivity (Wildman–Crippen MR) is 88.5 cm³/mol. The van der Waals surface area contributed by atoms with Gasteiger partial charge in [-0.15, -0.1) is 10.2 Å². The summed E-state index contributed by atoms with van der Waals surface area (Å²) in [7, 11) is 0. The van der Waals surface area contributed by atoms with Crippen LogP contribution in [0.2, 0.25) is 0 Å². The maximum absolute atomic E-state index is 5.68. The smallest absolute Gasteiger partial charge is 0.235 e. The molecule has 0 amide bonds. The van der Waals surface area contributed by atoms with E-state index in [1.54, 1.807) is 0 Å². The Bertz CT molecular complexity index is 741. The number of rotatable bonds is 7. The third-order valence-electron chi connectivity index (χ3n) is 3.32. The number of hydrogen-bond acceptors (Lipinski definition) is 5. The lowest BCUT2D eigenvalue weighted by Gasteiger charge is -2.10. The molecule has 2 aromatic carbocycles. The zero-order chi connectivity index (χ0) is 15.9. The number of para-hydroxylation sites is 2. The van der Waals surface area contributed by atoms with Crippen LogP contribution >= 0.6 is 0 Å². The third kappa shape index (κ3) is 4.10.